The summed E-state index contributed by atoms with van der Waals surface area (Å²) in [6.07, 6.45) is 0. The lowest BCUT2D eigenvalue weighted by Crippen LogP contribution is -1.84. The van der Waals surface area contributed by atoms with Crippen molar-refractivity contribution >= 4 is 15.9 Å². The Bertz CT molecular complexity index is 470. The Hall–Kier alpha value is -1.23. The average Bonchev–Trinajstić information content (AvgIpc) is 2.56. The molecule has 2 aromatic rings. The maximum atomic E-state index is 13.3. The van der Waals surface area contributed by atoms with E-state index in [1.165, 1.54) is 6.07 Å². The molecule has 0 amide bonds. The molecule has 0 aliphatic carbocycles. The Morgan fingerprint density at radius 1 is 1.43 bits per heavy atom. The Balaban J connectivity index is 2.55. The van der Waals surface area contributed by atoms with Crippen molar-refractivity contribution in [2.45, 2.75) is 6.92 Å². The summed E-state index contributed by atoms with van der Waals surface area (Å²) in [4.78, 5) is 3.94. The molecule has 1 aromatic carbocycles. The molecule has 0 fully saturated rings. The fraction of sp³-hybridized carbons (Fsp3) is 0.111. The van der Waals surface area contributed by atoms with E-state index in [2.05, 4.69) is 26.1 Å². The number of hydrogen-bond donors (Lipinski definition) is 0. The molecule has 1 aromatic heterocycles. The summed E-state index contributed by atoms with van der Waals surface area (Å²) in [7, 11) is 0. The molecule has 0 spiro atoms. The summed E-state index contributed by atoms with van der Waals surface area (Å²) < 4.78 is 18.9. The van der Waals surface area contributed by atoms with Gasteiger partial charge < -0.3 is 4.52 Å². The molecule has 0 bridgehead atoms. The first-order chi connectivity index (χ1) is 6.66. The zero-order valence-corrected chi connectivity index (χ0v) is 8.88. The van der Waals surface area contributed by atoms with Gasteiger partial charge >= 0.3 is 0 Å². The molecule has 0 atom stereocenters. The number of halogens is 2. The Morgan fingerprint density at radius 3 is 2.86 bits per heavy atom. The van der Waals surface area contributed by atoms with Crippen LogP contribution in [-0.4, -0.2) is 10.1 Å². The molecule has 72 valence electrons. The first-order valence-corrected chi connectivity index (χ1v) is 4.72. The van der Waals surface area contributed by atoms with Crippen LogP contribution in [0.1, 0.15) is 5.82 Å². The number of nitrogens with zero attached hydrogens (tertiary/aromatic N) is 2. The van der Waals surface area contributed by atoms with Gasteiger partial charge in [-0.15, -0.1) is 0 Å². The molecule has 0 saturated carbocycles. The number of benzene rings is 1. The van der Waals surface area contributed by atoms with E-state index in [-0.39, 0.29) is 11.7 Å². The van der Waals surface area contributed by atoms with Crippen LogP contribution in [0.5, 0.6) is 0 Å². The fourth-order valence-electron chi connectivity index (χ4n) is 1.07. The predicted octanol–water partition coefficient (Wildman–Crippen LogP) is 2.95. The Morgan fingerprint density at radius 2 is 2.21 bits per heavy atom. The average molecular weight is 257 g/mol. The number of hydrogen-bond acceptors (Lipinski definition) is 3. The van der Waals surface area contributed by atoms with Gasteiger partial charge in [-0.25, -0.2) is 4.39 Å². The van der Waals surface area contributed by atoms with Gasteiger partial charge in [-0.1, -0.05) is 21.1 Å². The molecule has 0 radical (unpaired) electrons. The summed E-state index contributed by atoms with van der Waals surface area (Å²) in [6.45, 7) is 1.68. The standard InChI is InChI=1S/C9H6BrFN2O/c1-5-12-9(14-13-5)7-4-6(10)2-3-8(7)11/h2-4H,1H3. The van der Waals surface area contributed by atoms with Crippen molar-refractivity contribution in [3.63, 3.8) is 0 Å². The van der Waals surface area contributed by atoms with E-state index in [4.69, 9.17) is 4.52 Å². The largest absolute Gasteiger partial charge is 0.334 e. The maximum absolute atomic E-state index is 13.3. The summed E-state index contributed by atoms with van der Waals surface area (Å²) in [5.74, 6) is 0.303. The number of aryl methyl sites for hydroxylation is 1. The first kappa shape index (κ1) is 9.33. The van der Waals surface area contributed by atoms with E-state index in [1.807, 2.05) is 0 Å². The third-order valence-corrected chi connectivity index (χ3v) is 2.18. The van der Waals surface area contributed by atoms with Crippen LogP contribution in [0.2, 0.25) is 0 Å². The van der Waals surface area contributed by atoms with Gasteiger partial charge in [0.05, 0.1) is 5.56 Å². The van der Waals surface area contributed by atoms with E-state index in [0.717, 1.165) is 4.47 Å². The van der Waals surface area contributed by atoms with Crippen LogP contribution in [0.3, 0.4) is 0 Å². The third kappa shape index (κ3) is 1.68. The van der Waals surface area contributed by atoms with Crippen LogP contribution >= 0.6 is 15.9 Å². The molecule has 3 nitrogen and oxygen atoms in total. The van der Waals surface area contributed by atoms with Crippen LogP contribution in [0.25, 0.3) is 11.5 Å². The molecular weight excluding hydrogens is 251 g/mol. The molecule has 1 heterocycles. The summed E-state index contributed by atoms with van der Waals surface area (Å²) in [5.41, 5.74) is 0.306. The van der Waals surface area contributed by atoms with Gasteiger partial charge in [0.25, 0.3) is 5.89 Å². The fourth-order valence-corrected chi connectivity index (χ4v) is 1.43. The SMILES string of the molecule is Cc1noc(-c2cc(Br)ccc2F)n1. The van der Waals surface area contributed by atoms with Crippen LogP contribution in [0.4, 0.5) is 4.39 Å². The second kappa shape index (κ2) is 3.49. The molecule has 0 N–H and O–H groups in total. The van der Waals surface area contributed by atoms with Crippen molar-refractivity contribution in [3.05, 3.63) is 34.3 Å². The van der Waals surface area contributed by atoms with E-state index in [0.29, 0.717) is 11.4 Å². The minimum absolute atomic E-state index is 0.196. The van der Waals surface area contributed by atoms with Gasteiger partial charge in [0.2, 0.25) is 0 Å². The topological polar surface area (TPSA) is 38.9 Å². The van der Waals surface area contributed by atoms with Crippen molar-refractivity contribution in [2.24, 2.45) is 0 Å². The second-order valence-electron chi connectivity index (χ2n) is 2.77. The van der Waals surface area contributed by atoms with Gasteiger partial charge in [-0.3, -0.25) is 0 Å². The normalized spacial score (nSPS) is 10.5. The zero-order chi connectivity index (χ0) is 10.1. The van der Waals surface area contributed by atoms with Gasteiger partial charge in [0.15, 0.2) is 5.82 Å². The molecule has 0 saturated heterocycles. The van der Waals surface area contributed by atoms with Crippen LogP contribution < -0.4 is 0 Å². The van der Waals surface area contributed by atoms with Gasteiger partial charge in [-0.05, 0) is 25.1 Å². The zero-order valence-electron chi connectivity index (χ0n) is 7.29. The van der Waals surface area contributed by atoms with Crippen molar-refractivity contribution < 1.29 is 8.91 Å². The van der Waals surface area contributed by atoms with Gasteiger partial charge in [0, 0.05) is 4.47 Å². The molecule has 0 aliphatic rings. The molecular formula is C9H6BrFN2O. The lowest BCUT2D eigenvalue weighted by Gasteiger charge is -1.97. The summed E-state index contributed by atoms with van der Waals surface area (Å²) in [6, 6.07) is 4.56. The van der Waals surface area contributed by atoms with Crippen LogP contribution in [0, 0.1) is 12.7 Å². The highest BCUT2D eigenvalue weighted by atomic mass is 79.9. The van der Waals surface area contributed by atoms with E-state index in [9.17, 15) is 4.39 Å². The molecule has 2 rings (SSSR count). The van der Waals surface area contributed by atoms with E-state index < -0.39 is 0 Å². The minimum Gasteiger partial charge on any atom is -0.334 e. The predicted molar refractivity (Wildman–Crippen MR) is 52.1 cm³/mol. The Kier molecular flexibility index (Phi) is 2.33. The molecule has 0 unspecified atom stereocenters. The number of rotatable bonds is 1. The van der Waals surface area contributed by atoms with Crippen molar-refractivity contribution in [1.82, 2.24) is 10.1 Å². The third-order valence-electron chi connectivity index (χ3n) is 1.69. The lowest BCUT2D eigenvalue weighted by atomic mass is 10.2. The van der Waals surface area contributed by atoms with Gasteiger partial charge in [-0.2, -0.15) is 4.98 Å². The van der Waals surface area contributed by atoms with Crippen LogP contribution in [-0.2, 0) is 0 Å². The van der Waals surface area contributed by atoms with Crippen LogP contribution in [0.15, 0.2) is 27.2 Å². The quantitative estimate of drug-likeness (QED) is 0.788. The second-order valence-corrected chi connectivity index (χ2v) is 3.69. The van der Waals surface area contributed by atoms with Gasteiger partial charge in [0.1, 0.15) is 5.82 Å². The highest BCUT2D eigenvalue weighted by molar-refractivity contribution is 9.10. The van der Waals surface area contributed by atoms with Crippen molar-refractivity contribution in [2.75, 3.05) is 0 Å². The summed E-state index contributed by atoms with van der Waals surface area (Å²) >= 11 is 3.24. The number of aromatic nitrogens is 2. The summed E-state index contributed by atoms with van der Waals surface area (Å²) in [5, 5.41) is 3.60. The first-order valence-electron chi connectivity index (χ1n) is 3.92. The van der Waals surface area contributed by atoms with E-state index in [1.54, 1.807) is 19.1 Å². The smallest absolute Gasteiger partial charge is 0.260 e. The van der Waals surface area contributed by atoms with Crippen molar-refractivity contribution in [3.8, 4) is 11.5 Å². The highest BCUT2D eigenvalue weighted by Gasteiger charge is 2.11. The molecule has 5 heteroatoms. The molecule has 14 heavy (non-hydrogen) atoms. The highest BCUT2D eigenvalue weighted by Crippen LogP contribution is 2.24. The van der Waals surface area contributed by atoms with E-state index >= 15 is 0 Å². The molecule has 0 aliphatic heterocycles. The lowest BCUT2D eigenvalue weighted by molar-refractivity contribution is 0.423. The van der Waals surface area contributed by atoms with Crippen molar-refractivity contribution in [1.29, 1.82) is 0 Å². The Labute approximate surface area is 88.1 Å². The monoisotopic (exact) mass is 256 g/mol. The maximum Gasteiger partial charge on any atom is 0.260 e. The minimum atomic E-state index is -0.378.